The van der Waals surface area contributed by atoms with Gasteiger partial charge in [-0.3, -0.25) is 4.40 Å². The highest BCUT2D eigenvalue weighted by molar-refractivity contribution is 7.88. The molecule has 0 aliphatic rings. The van der Waals surface area contributed by atoms with Gasteiger partial charge in [0.05, 0.1) is 7.11 Å². The van der Waals surface area contributed by atoms with Crippen LogP contribution >= 0.6 is 11.3 Å². The fourth-order valence-corrected chi connectivity index (χ4v) is 2.85. The predicted molar refractivity (Wildman–Crippen MR) is 61.3 cm³/mol. The van der Waals surface area contributed by atoms with E-state index in [-0.39, 0.29) is 5.75 Å². The van der Waals surface area contributed by atoms with Crippen molar-refractivity contribution in [2.75, 3.05) is 14.2 Å². The van der Waals surface area contributed by atoms with Crippen LogP contribution in [-0.4, -0.2) is 32.0 Å². The number of methoxy groups -OCH3 is 1. The van der Waals surface area contributed by atoms with Gasteiger partial charge in [0.2, 0.25) is 15.9 Å². The van der Waals surface area contributed by atoms with E-state index >= 15 is 0 Å². The third-order valence-electron chi connectivity index (χ3n) is 2.16. The van der Waals surface area contributed by atoms with Crippen molar-refractivity contribution in [1.82, 2.24) is 14.1 Å². The summed E-state index contributed by atoms with van der Waals surface area (Å²) in [4.78, 5) is 4.90. The summed E-state index contributed by atoms with van der Waals surface area (Å²) in [5.74, 6) is 0.204. The van der Waals surface area contributed by atoms with Crippen LogP contribution in [0.25, 0.3) is 4.96 Å². The fourth-order valence-electron chi connectivity index (χ4n) is 1.36. The molecular formula is C8H11N3O3S2. The first-order valence-corrected chi connectivity index (χ1v) is 7.00. The van der Waals surface area contributed by atoms with Crippen LogP contribution in [0.5, 0.6) is 5.88 Å². The molecular weight excluding hydrogens is 250 g/mol. The average molecular weight is 261 g/mol. The molecule has 1 N–H and O–H groups in total. The van der Waals surface area contributed by atoms with E-state index in [2.05, 4.69) is 9.71 Å². The Morgan fingerprint density at radius 3 is 3.00 bits per heavy atom. The summed E-state index contributed by atoms with van der Waals surface area (Å²) in [6, 6.07) is 0. The quantitative estimate of drug-likeness (QED) is 0.867. The Morgan fingerprint density at radius 1 is 1.62 bits per heavy atom. The Morgan fingerprint density at radius 2 is 2.38 bits per heavy atom. The van der Waals surface area contributed by atoms with Crippen molar-refractivity contribution in [2.24, 2.45) is 0 Å². The second kappa shape index (κ2) is 4.04. The van der Waals surface area contributed by atoms with E-state index in [1.54, 1.807) is 10.6 Å². The Hall–Kier alpha value is -1.12. The minimum absolute atomic E-state index is 0.148. The van der Waals surface area contributed by atoms with Gasteiger partial charge in [-0.1, -0.05) is 0 Å². The first-order valence-electron chi connectivity index (χ1n) is 4.47. The van der Waals surface area contributed by atoms with E-state index in [0.29, 0.717) is 11.6 Å². The highest BCUT2D eigenvalue weighted by Gasteiger charge is 2.19. The van der Waals surface area contributed by atoms with Gasteiger partial charge in [-0.05, 0) is 7.05 Å². The number of imidazole rings is 1. The van der Waals surface area contributed by atoms with Gasteiger partial charge in [0.25, 0.3) is 0 Å². The van der Waals surface area contributed by atoms with Crippen molar-refractivity contribution in [1.29, 1.82) is 0 Å². The first kappa shape index (κ1) is 11.4. The highest BCUT2D eigenvalue weighted by Crippen LogP contribution is 2.24. The van der Waals surface area contributed by atoms with E-state index in [4.69, 9.17) is 4.74 Å². The summed E-state index contributed by atoms with van der Waals surface area (Å²) in [6.45, 7) is 0. The molecule has 0 aliphatic heterocycles. The van der Waals surface area contributed by atoms with Crippen molar-refractivity contribution in [3.8, 4) is 5.88 Å². The summed E-state index contributed by atoms with van der Waals surface area (Å²) in [5.41, 5.74) is 0.535. The molecule has 0 aliphatic carbocycles. The molecule has 0 amide bonds. The van der Waals surface area contributed by atoms with Crippen molar-refractivity contribution in [3.05, 3.63) is 17.3 Å². The SMILES string of the molecule is CNS(=O)(=O)Cc1c(OC)nc2sccn12. The van der Waals surface area contributed by atoms with Crippen LogP contribution < -0.4 is 9.46 Å². The van der Waals surface area contributed by atoms with Crippen LogP contribution in [-0.2, 0) is 15.8 Å². The van der Waals surface area contributed by atoms with Crippen LogP contribution in [0.3, 0.4) is 0 Å². The van der Waals surface area contributed by atoms with Crippen molar-refractivity contribution in [3.63, 3.8) is 0 Å². The molecule has 2 aromatic rings. The van der Waals surface area contributed by atoms with Crippen molar-refractivity contribution >= 4 is 26.3 Å². The zero-order chi connectivity index (χ0) is 11.8. The number of sulfonamides is 1. The number of hydrogen-bond donors (Lipinski definition) is 1. The molecule has 2 aromatic heterocycles. The molecule has 0 aromatic carbocycles. The molecule has 88 valence electrons. The molecule has 16 heavy (non-hydrogen) atoms. The third kappa shape index (κ3) is 1.91. The number of rotatable bonds is 4. The molecule has 0 saturated carbocycles. The van der Waals surface area contributed by atoms with E-state index in [0.717, 1.165) is 4.96 Å². The van der Waals surface area contributed by atoms with Crippen LogP contribution in [0, 0.1) is 0 Å². The van der Waals surface area contributed by atoms with E-state index in [9.17, 15) is 8.42 Å². The van der Waals surface area contributed by atoms with Crippen LogP contribution in [0.2, 0.25) is 0 Å². The average Bonchev–Trinajstić information content (AvgIpc) is 2.80. The minimum Gasteiger partial charge on any atom is -0.480 e. The topological polar surface area (TPSA) is 72.7 Å². The lowest BCUT2D eigenvalue weighted by molar-refractivity contribution is 0.396. The van der Waals surface area contributed by atoms with Crippen LogP contribution in [0.1, 0.15) is 5.69 Å². The lowest BCUT2D eigenvalue weighted by Gasteiger charge is -2.03. The second-order valence-electron chi connectivity index (χ2n) is 3.09. The van der Waals surface area contributed by atoms with Gasteiger partial charge in [-0.15, -0.1) is 11.3 Å². The summed E-state index contributed by atoms with van der Waals surface area (Å²) < 4.78 is 32.0. The molecule has 0 saturated heterocycles. The Labute approximate surface area is 96.9 Å². The van der Waals surface area contributed by atoms with E-state index in [1.165, 1.54) is 25.5 Å². The summed E-state index contributed by atoms with van der Waals surface area (Å²) in [7, 11) is -0.474. The van der Waals surface area contributed by atoms with Gasteiger partial charge in [-0.2, -0.15) is 4.98 Å². The highest BCUT2D eigenvalue weighted by atomic mass is 32.2. The zero-order valence-electron chi connectivity index (χ0n) is 8.80. The number of aromatic nitrogens is 2. The van der Waals surface area contributed by atoms with Gasteiger partial charge < -0.3 is 4.74 Å². The van der Waals surface area contributed by atoms with Gasteiger partial charge in [-0.25, -0.2) is 13.1 Å². The Kier molecular flexibility index (Phi) is 2.87. The first-order chi connectivity index (χ1) is 7.57. The maximum absolute atomic E-state index is 11.5. The number of nitrogens with one attached hydrogen (secondary N) is 1. The van der Waals surface area contributed by atoms with Gasteiger partial charge in [0.1, 0.15) is 11.4 Å². The van der Waals surface area contributed by atoms with Crippen LogP contribution in [0.15, 0.2) is 11.6 Å². The fraction of sp³-hybridized carbons (Fsp3) is 0.375. The molecule has 2 rings (SSSR count). The Bertz CT molecular complexity index is 599. The summed E-state index contributed by atoms with van der Waals surface area (Å²) in [5, 5.41) is 1.84. The number of fused-ring (bicyclic) bond motifs is 1. The molecule has 0 radical (unpaired) electrons. The molecule has 0 atom stereocenters. The van der Waals surface area contributed by atoms with E-state index < -0.39 is 10.0 Å². The number of ether oxygens (including phenoxy) is 1. The molecule has 0 unspecified atom stereocenters. The maximum Gasteiger partial charge on any atom is 0.237 e. The molecule has 2 heterocycles. The number of hydrogen-bond acceptors (Lipinski definition) is 5. The summed E-state index contributed by atoms with van der Waals surface area (Å²) in [6.07, 6.45) is 1.77. The minimum atomic E-state index is -3.33. The number of thiazole rings is 1. The normalized spacial score (nSPS) is 12.1. The summed E-state index contributed by atoms with van der Waals surface area (Å²) >= 11 is 1.43. The second-order valence-corrected chi connectivity index (χ2v) is 5.89. The van der Waals surface area contributed by atoms with Crippen molar-refractivity contribution < 1.29 is 13.2 Å². The molecule has 0 spiro atoms. The monoisotopic (exact) mass is 261 g/mol. The van der Waals surface area contributed by atoms with Gasteiger partial charge in [0, 0.05) is 11.6 Å². The standard InChI is InChI=1S/C8H11N3O3S2/c1-9-16(12,13)5-6-7(14-2)10-8-11(6)3-4-15-8/h3-4,9H,5H2,1-2H3. The predicted octanol–water partition coefficient (Wildman–Crippen LogP) is 0.454. The molecule has 0 fully saturated rings. The molecule has 6 nitrogen and oxygen atoms in total. The lowest BCUT2D eigenvalue weighted by atomic mass is 10.5. The van der Waals surface area contributed by atoms with E-state index in [1.807, 2.05) is 5.38 Å². The van der Waals surface area contributed by atoms with Crippen molar-refractivity contribution in [2.45, 2.75) is 5.75 Å². The maximum atomic E-state index is 11.5. The smallest absolute Gasteiger partial charge is 0.237 e. The van der Waals surface area contributed by atoms with Gasteiger partial charge in [0.15, 0.2) is 4.96 Å². The third-order valence-corrected chi connectivity index (χ3v) is 4.19. The Balaban J connectivity index is 2.52. The number of nitrogens with zero attached hydrogens (tertiary/aromatic N) is 2. The largest absolute Gasteiger partial charge is 0.480 e. The lowest BCUT2D eigenvalue weighted by Crippen LogP contribution is -2.21. The zero-order valence-corrected chi connectivity index (χ0v) is 10.4. The molecule has 0 bridgehead atoms. The van der Waals surface area contributed by atoms with Crippen LogP contribution in [0.4, 0.5) is 0 Å². The molecule has 8 heteroatoms. The van der Waals surface area contributed by atoms with Gasteiger partial charge >= 0.3 is 0 Å².